The number of nitrogens with zero attached hydrogens (tertiary/aromatic N) is 1. The average Bonchev–Trinajstić information content (AvgIpc) is 2.11. The largest absolute Gasteiger partial charge is 0.312 e. The van der Waals surface area contributed by atoms with Crippen molar-refractivity contribution in [2.75, 3.05) is 26.2 Å². The number of piperidine rings is 1. The molecule has 0 radical (unpaired) electrons. The Kier molecular flexibility index (Phi) is 3.60. The predicted molar refractivity (Wildman–Crippen MR) is 69.6 cm³/mol. The minimum atomic E-state index is 0.487. The molecule has 0 aromatic carbocycles. The molecule has 94 valence electrons. The molecule has 0 bridgehead atoms. The number of likely N-dealkylation sites (tertiary alicyclic amines) is 1. The predicted octanol–water partition coefficient (Wildman–Crippen LogP) is 2.35. The molecule has 0 spiro atoms. The van der Waals surface area contributed by atoms with Gasteiger partial charge < -0.3 is 10.2 Å². The van der Waals surface area contributed by atoms with E-state index in [9.17, 15) is 0 Å². The Labute approximate surface area is 101 Å². The number of hydrogen-bond acceptors (Lipinski definition) is 2. The summed E-state index contributed by atoms with van der Waals surface area (Å²) < 4.78 is 0. The molecule has 1 N–H and O–H groups in total. The summed E-state index contributed by atoms with van der Waals surface area (Å²) >= 11 is 0. The molecule has 2 aliphatic rings. The van der Waals surface area contributed by atoms with Gasteiger partial charge in [-0.05, 0) is 36.6 Å². The third kappa shape index (κ3) is 2.60. The monoisotopic (exact) mass is 224 g/mol. The highest BCUT2D eigenvalue weighted by Gasteiger charge is 2.36. The van der Waals surface area contributed by atoms with Gasteiger partial charge in [0.15, 0.2) is 0 Å². The van der Waals surface area contributed by atoms with Crippen molar-refractivity contribution < 1.29 is 0 Å². The van der Waals surface area contributed by atoms with E-state index >= 15 is 0 Å². The zero-order valence-electron chi connectivity index (χ0n) is 11.4. The van der Waals surface area contributed by atoms with E-state index in [1.807, 2.05) is 0 Å². The van der Waals surface area contributed by atoms with Crippen LogP contribution < -0.4 is 5.32 Å². The van der Waals surface area contributed by atoms with Crippen molar-refractivity contribution in [1.29, 1.82) is 0 Å². The molecular weight excluding hydrogens is 196 g/mol. The summed E-state index contributed by atoms with van der Waals surface area (Å²) in [5.74, 6) is 1.82. The minimum absolute atomic E-state index is 0.487. The van der Waals surface area contributed by atoms with E-state index in [-0.39, 0.29) is 0 Å². The van der Waals surface area contributed by atoms with Crippen LogP contribution in [0, 0.1) is 17.3 Å². The summed E-state index contributed by atoms with van der Waals surface area (Å²) in [6.45, 7) is 14.7. The fourth-order valence-corrected chi connectivity index (χ4v) is 3.02. The van der Waals surface area contributed by atoms with Crippen LogP contribution >= 0.6 is 0 Å². The number of hydrogen-bond donors (Lipinski definition) is 1. The molecule has 2 heteroatoms. The third-order valence-corrected chi connectivity index (χ3v) is 4.70. The summed E-state index contributed by atoms with van der Waals surface area (Å²) in [6.07, 6.45) is 2.73. The Morgan fingerprint density at radius 1 is 1.31 bits per heavy atom. The summed E-state index contributed by atoms with van der Waals surface area (Å²) in [6, 6.07) is 0.703. The molecule has 1 atom stereocenters. The normalized spacial score (nSPS) is 31.7. The molecule has 16 heavy (non-hydrogen) atoms. The van der Waals surface area contributed by atoms with E-state index in [0.717, 1.165) is 11.8 Å². The van der Waals surface area contributed by atoms with Crippen LogP contribution in [-0.4, -0.2) is 37.1 Å². The standard InChI is InChI=1S/C14H28N2/c1-11(2)12-8-16(9-12)10-13-14(3,4)6-5-7-15-13/h11-13,15H,5-10H2,1-4H3. The quantitative estimate of drug-likeness (QED) is 0.791. The van der Waals surface area contributed by atoms with Gasteiger partial charge in [0.2, 0.25) is 0 Å². The van der Waals surface area contributed by atoms with Crippen LogP contribution in [0.3, 0.4) is 0 Å². The minimum Gasteiger partial charge on any atom is -0.312 e. The molecule has 2 nitrogen and oxygen atoms in total. The molecule has 0 aromatic heterocycles. The maximum absolute atomic E-state index is 3.71. The van der Waals surface area contributed by atoms with E-state index in [4.69, 9.17) is 0 Å². The van der Waals surface area contributed by atoms with E-state index < -0.39 is 0 Å². The second-order valence-electron chi connectivity index (χ2n) is 6.82. The van der Waals surface area contributed by atoms with Gasteiger partial charge in [0.25, 0.3) is 0 Å². The zero-order chi connectivity index (χ0) is 11.8. The van der Waals surface area contributed by atoms with E-state index in [2.05, 4.69) is 37.9 Å². The molecule has 0 saturated carbocycles. The van der Waals surface area contributed by atoms with Gasteiger partial charge in [-0.25, -0.2) is 0 Å². The molecule has 2 aliphatic heterocycles. The van der Waals surface area contributed by atoms with Gasteiger partial charge in [-0.15, -0.1) is 0 Å². The lowest BCUT2D eigenvalue weighted by Crippen LogP contribution is -2.58. The Morgan fingerprint density at radius 2 is 2.00 bits per heavy atom. The SMILES string of the molecule is CC(C)C1CN(CC2NCCCC2(C)C)C1. The van der Waals surface area contributed by atoms with Crippen molar-refractivity contribution in [3.8, 4) is 0 Å². The molecule has 2 saturated heterocycles. The highest BCUT2D eigenvalue weighted by Crippen LogP contribution is 2.32. The van der Waals surface area contributed by atoms with Crippen LogP contribution in [0.15, 0.2) is 0 Å². The molecule has 0 aromatic rings. The smallest absolute Gasteiger partial charge is 0.0246 e. The molecule has 0 aliphatic carbocycles. The number of nitrogens with one attached hydrogen (secondary N) is 1. The van der Waals surface area contributed by atoms with Crippen molar-refractivity contribution in [1.82, 2.24) is 10.2 Å². The van der Waals surface area contributed by atoms with E-state index in [1.165, 1.54) is 39.0 Å². The summed E-state index contributed by atoms with van der Waals surface area (Å²) in [5.41, 5.74) is 0.487. The molecule has 0 amide bonds. The molecule has 2 rings (SSSR count). The Balaban J connectivity index is 1.78. The van der Waals surface area contributed by atoms with Gasteiger partial charge in [-0.2, -0.15) is 0 Å². The van der Waals surface area contributed by atoms with Gasteiger partial charge in [0.1, 0.15) is 0 Å². The maximum atomic E-state index is 3.71. The summed E-state index contributed by atoms with van der Waals surface area (Å²) in [5, 5.41) is 3.71. The van der Waals surface area contributed by atoms with Crippen LogP contribution in [0.1, 0.15) is 40.5 Å². The van der Waals surface area contributed by atoms with Crippen molar-refractivity contribution in [2.45, 2.75) is 46.6 Å². The fourth-order valence-electron chi connectivity index (χ4n) is 3.02. The Hall–Kier alpha value is -0.0800. The highest BCUT2D eigenvalue weighted by molar-refractivity contribution is 4.93. The lowest BCUT2D eigenvalue weighted by atomic mass is 9.76. The first-order valence-corrected chi connectivity index (χ1v) is 6.95. The van der Waals surface area contributed by atoms with Crippen molar-refractivity contribution in [2.24, 2.45) is 17.3 Å². The van der Waals surface area contributed by atoms with Crippen LogP contribution in [0.5, 0.6) is 0 Å². The van der Waals surface area contributed by atoms with Crippen LogP contribution in [-0.2, 0) is 0 Å². The lowest BCUT2D eigenvalue weighted by Gasteiger charge is -2.47. The van der Waals surface area contributed by atoms with Crippen LogP contribution in [0.25, 0.3) is 0 Å². The molecule has 2 fully saturated rings. The average molecular weight is 224 g/mol. The lowest BCUT2D eigenvalue weighted by molar-refractivity contribution is 0.0325. The second-order valence-corrected chi connectivity index (χ2v) is 6.82. The van der Waals surface area contributed by atoms with Gasteiger partial charge in [-0.1, -0.05) is 27.7 Å². The molecule has 2 heterocycles. The first-order chi connectivity index (χ1) is 7.49. The first-order valence-electron chi connectivity index (χ1n) is 6.95. The molecule has 1 unspecified atom stereocenters. The Bertz CT molecular complexity index is 229. The summed E-state index contributed by atoms with van der Waals surface area (Å²) in [7, 11) is 0. The van der Waals surface area contributed by atoms with Crippen molar-refractivity contribution in [3.63, 3.8) is 0 Å². The number of rotatable bonds is 3. The van der Waals surface area contributed by atoms with Crippen molar-refractivity contribution in [3.05, 3.63) is 0 Å². The van der Waals surface area contributed by atoms with E-state index in [1.54, 1.807) is 0 Å². The highest BCUT2D eigenvalue weighted by atomic mass is 15.2. The summed E-state index contributed by atoms with van der Waals surface area (Å²) in [4.78, 5) is 2.63. The topological polar surface area (TPSA) is 15.3 Å². The first kappa shape index (κ1) is 12.4. The van der Waals surface area contributed by atoms with Gasteiger partial charge >= 0.3 is 0 Å². The Morgan fingerprint density at radius 3 is 2.56 bits per heavy atom. The fraction of sp³-hybridized carbons (Fsp3) is 1.00. The van der Waals surface area contributed by atoms with Gasteiger partial charge in [-0.3, -0.25) is 0 Å². The third-order valence-electron chi connectivity index (χ3n) is 4.70. The molecular formula is C14H28N2. The van der Waals surface area contributed by atoms with Gasteiger partial charge in [0, 0.05) is 25.7 Å². The van der Waals surface area contributed by atoms with E-state index in [0.29, 0.717) is 11.5 Å². The van der Waals surface area contributed by atoms with Crippen LogP contribution in [0.4, 0.5) is 0 Å². The zero-order valence-corrected chi connectivity index (χ0v) is 11.4. The second kappa shape index (κ2) is 4.66. The van der Waals surface area contributed by atoms with Crippen LogP contribution in [0.2, 0.25) is 0 Å². The van der Waals surface area contributed by atoms with Gasteiger partial charge in [0.05, 0.1) is 0 Å². The van der Waals surface area contributed by atoms with Crippen molar-refractivity contribution >= 4 is 0 Å². The maximum Gasteiger partial charge on any atom is 0.0246 e.